The molecule has 3 N–H and O–H groups in total. The highest BCUT2D eigenvalue weighted by molar-refractivity contribution is 6.09. The van der Waals surface area contributed by atoms with Crippen LogP contribution < -0.4 is 16.0 Å². The number of aldehydes is 1. The molecule has 3 saturated carbocycles. The second kappa shape index (κ2) is 29.4. The number of hydrogen-bond donors (Lipinski definition) is 3. The Morgan fingerprint density at radius 1 is 0.538 bits per heavy atom. The van der Waals surface area contributed by atoms with Gasteiger partial charge in [0.25, 0.3) is 30.1 Å². The van der Waals surface area contributed by atoms with Crippen LogP contribution in [0, 0.1) is 17.8 Å². The first-order valence-electron chi connectivity index (χ1n) is 30.6. The summed E-state index contributed by atoms with van der Waals surface area (Å²) in [5.74, 6) is -2.27. The van der Waals surface area contributed by atoms with Gasteiger partial charge in [0.1, 0.15) is 17.1 Å². The fraction of sp³-hybridized carbons (Fsp3) is 0.515. The van der Waals surface area contributed by atoms with Crippen molar-refractivity contribution in [2.24, 2.45) is 17.8 Å². The van der Waals surface area contributed by atoms with Crippen LogP contribution in [-0.4, -0.2) is 123 Å². The van der Waals surface area contributed by atoms with Crippen LogP contribution in [0.2, 0.25) is 0 Å². The lowest BCUT2D eigenvalue weighted by Crippen LogP contribution is -2.34. The van der Waals surface area contributed by atoms with Gasteiger partial charge in [-0.2, -0.15) is 39.5 Å². The van der Waals surface area contributed by atoms with Gasteiger partial charge in [-0.3, -0.25) is 28.8 Å². The Bertz CT molecular complexity index is 3720. The van der Waals surface area contributed by atoms with Crippen LogP contribution in [-0.2, 0) is 37.6 Å². The summed E-state index contributed by atoms with van der Waals surface area (Å²) in [4.78, 5) is 79.4. The lowest BCUT2D eigenvalue weighted by molar-refractivity contribution is -0.137. The van der Waals surface area contributed by atoms with Gasteiger partial charge in [0, 0.05) is 73.8 Å². The molecule has 3 saturated heterocycles. The Morgan fingerprint density at radius 3 is 1.24 bits per heavy atom. The molecule has 0 spiro atoms. The largest absolute Gasteiger partial charge is 0.418 e. The van der Waals surface area contributed by atoms with Gasteiger partial charge in [0.2, 0.25) is 0 Å². The predicted molar refractivity (Wildman–Crippen MR) is 320 cm³/mol. The molecule has 6 aromatic rings. The van der Waals surface area contributed by atoms with Gasteiger partial charge in [-0.1, -0.05) is 7.43 Å². The molecular formula is C66H72F11N7O9. The average molecular weight is 1320 g/mol. The van der Waals surface area contributed by atoms with E-state index in [1.165, 1.54) is 32.4 Å². The SMILES string of the molecule is C.CON(C)C(=O)c1cc(C(=O)NCC2CCCOC2)nc2c(C(F)(F)F)cc(C3CC3)cc12.O=C(NCC1CCCOC1)c1cc(C(F)F)c2cc(C3CC3)cc(C(F)(F)F)c2n1.O=Cc1cc(C(=O)NCC2CCCOC2)nc2c(C(F)(F)F)cc(C3CC3)cc12. The van der Waals surface area contributed by atoms with E-state index in [-0.39, 0.29) is 93.7 Å². The molecule has 3 aliphatic heterocycles. The smallest absolute Gasteiger partial charge is 0.381 e. The second-order valence-electron chi connectivity index (χ2n) is 24.2. The predicted octanol–water partition coefficient (Wildman–Crippen LogP) is 13.9. The summed E-state index contributed by atoms with van der Waals surface area (Å²) in [6.07, 6.45) is -6.68. The lowest BCUT2D eigenvalue weighted by atomic mass is 9.97. The van der Waals surface area contributed by atoms with E-state index in [1.807, 2.05) is 0 Å². The molecule has 4 amide bonds. The third-order valence-corrected chi connectivity index (χ3v) is 17.2. The first-order valence-corrected chi connectivity index (χ1v) is 30.6. The Hall–Kier alpha value is -7.49. The van der Waals surface area contributed by atoms with Crippen LogP contribution in [0.25, 0.3) is 32.7 Å². The van der Waals surface area contributed by atoms with Gasteiger partial charge in [0.15, 0.2) is 6.29 Å². The molecule has 93 heavy (non-hydrogen) atoms. The first-order chi connectivity index (χ1) is 43.8. The third-order valence-electron chi connectivity index (χ3n) is 17.2. The first kappa shape index (κ1) is 69.8. The highest BCUT2D eigenvalue weighted by Crippen LogP contribution is 2.48. The number of benzene rings is 3. The fourth-order valence-electron chi connectivity index (χ4n) is 11.6. The van der Waals surface area contributed by atoms with Crippen molar-refractivity contribution in [2.75, 3.05) is 73.4 Å². The van der Waals surface area contributed by atoms with Crippen LogP contribution in [0.1, 0.15) is 200 Å². The number of carbonyl (C=O) groups is 5. The molecule has 3 atom stereocenters. The second-order valence-corrected chi connectivity index (χ2v) is 24.2. The topological polar surface area (TPSA) is 200 Å². The van der Waals surface area contributed by atoms with Crippen molar-refractivity contribution in [2.45, 2.75) is 127 Å². The van der Waals surface area contributed by atoms with Crippen LogP contribution in [0.3, 0.4) is 0 Å². The number of amides is 4. The standard InChI is InChI=1S/C23H26F3N3O4.C21H21F5N2O2.C21H21F3N2O3.CH4/c1-29(32-2)22(31)17-10-19(21(30)27-11-13-4-3-7-33-12-13)28-20-16(17)8-15(14-5-6-14)9-18(20)23(24,25)26;22-19(23)15-8-17(20(29)27-9-11-2-1-5-30-10-11)28-18-14(15)6-13(12-3-4-12)7-16(18)21(24,25)26;22-21(23,24)17-7-14(13-3-4-13)6-16-15(10-27)8-18(26-19(16)17)20(28)25-9-12-2-1-5-29-11-12;/h8-10,13-14H,3-7,11-12H2,1-2H3,(H,27,30);6-8,11-12,19H,1-5,9-10H2,(H,27,29);6-8,10,12-13H,1-5,9,11H2,(H,25,28);1H4. The van der Waals surface area contributed by atoms with Crippen LogP contribution in [0.15, 0.2) is 54.6 Å². The van der Waals surface area contributed by atoms with E-state index < -0.39 is 87.6 Å². The Kier molecular flexibility index (Phi) is 22.1. The van der Waals surface area contributed by atoms with Crippen molar-refractivity contribution in [3.8, 4) is 0 Å². The van der Waals surface area contributed by atoms with Crippen molar-refractivity contribution < 1.29 is 91.3 Å². The number of hydroxylamine groups is 2. The van der Waals surface area contributed by atoms with E-state index in [0.717, 1.165) is 106 Å². The summed E-state index contributed by atoms with van der Waals surface area (Å²) < 4.78 is 168. The molecule has 16 nitrogen and oxygen atoms in total. The van der Waals surface area contributed by atoms with Crippen LogP contribution in [0.5, 0.6) is 0 Å². The third kappa shape index (κ3) is 17.3. The van der Waals surface area contributed by atoms with E-state index in [9.17, 15) is 72.3 Å². The van der Waals surface area contributed by atoms with Gasteiger partial charge >= 0.3 is 18.5 Å². The summed E-state index contributed by atoms with van der Waals surface area (Å²) in [5, 5.41) is 8.86. The molecule has 6 aliphatic rings. The zero-order valence-electron chi connectivity index (χ0n) is 50.3. The van der Waals surface area contributed by atoms with Gasteiger partial charge in [-0.15, -0.1) is 0 Å². The lowest BCUT2D eigenvalue weighted by Gasteiger charge is -2.22. The van der Waals surface area contributed by atoms with E-state index in [1.54, 1.807) is 12.1 Å². The Labute approximate surface area is 528 Å². The number of ether oxygens (including phenoxy) is 3. The Morgan fingerprint density at radius 2 is 0.892 bits per heavy atom. The van der Waals surface area contributed by atoms with E-state index >= 15 is 0 Å². The maximum absolute atomic E-state index is 14.0. The molecule has 0 bridgehead atoms. The molecule has 0 radical (unpaired) electrons. The highest BCUT2D eigenvalue weighted by atomic mass is 19.4. The quantitative estimate of drug-likeness (QED) is 0.0471. The number of pyridine rings is 3. The monoisotopic (exact) mass is 1320 g/mol. The normalized spacial score (nSPS) is 19.4. The highest BCUT2D eigenvalue weighted by Gasteiger charge is 2.41. The van der Waals surface area contributed by atoms with Crippen molar-refractivity contribution in [1.29, 1.82) is 0 Å². The molecular weight excluding hydrogens is 1240 g/mol. The van der Waals surface area contributed by atoms with Gasteiger partial charge < -0.3 is 30.2 Å². The zero-order valence-corrected chi connectivity index (χ0v) is 50.3. The van der Waals surface area contributed by atoms with Crippen molar-refractivity contribution in [3.05, 3.63) is 122 Å². The number of rotatable bonds is 16. The molecule has 3 aromatic carbocycles. The number of alkyl halides is 11. The van der Waals surface area contributed by atoms with Crippen LogP contribution >= 0.6 is 0 Å². The average Bonchev–Trinajstić information content (AvgIpc) is 1.57. The number of carbonyl (C=O) groups excluding carboxylic acids is 5. The van der Waals surface area contributed by atoms with Gasteiger partial charge in [-0.25, -0.2) is 28.8 Å². The minimum atomic E-state index is -4.77. The number of halogens is 11. The number of nitrogens with zero attached hydrogens (tertiary/aromatic N) is 4. The maximum atomic E-state index is 14.0. The van der Waals surface area contributed by atoms with Crippen molar-refractivity contribution >= 4 is 62.6 Å². The molecule has 502 valence electrons. The summed E-state index contributed by atoms with van der Waals surface area (Å²) in [7, 11) is 2.63. The summed E-state index contributed by atoms with van der Waals surface area (Å²) in [6, 6.07) is 11.1. The van der Waals surface area contributed by atoms with Crippen molar-refractivity contribution in [3.63, 3.8) is 0 Å². The summed E-state index contributed by atoms with van der Waals surface area (Å²) in [6.45, 7) is 4.45. The van der Waals surface area contributed by atoms with E-state index in [4.69, 9.17) is 19.0 Å². The van der Waals surface area contributed by atoms with E-state index in [2.05, 4.69) is 30.9 Å². The molecule has 27 heteroatoms. The molecule has 3 aromatic heterocycles. The molecule has 6 fully saturated rings. The molecule has 6 heterocycles. The molecule has 3 unspecified atom stereocenters. The number of hydrogen-bond acceptors (Lipinski definition) is 12. The Balaban J connectivity index is 0.000000164. The number of nitrogens with one attached hydrogen (secondary N) is 3. The molecule has 12 rings (SSSR count). The number of fused-ring (bicyclic) bond motifs is 3. The van der Waals surface area contributed by atoms with Crippen LogP contribution in [0.4, 0.5) is 48.3 Å². The maximum Gasteiger partial charge on any atom is 0.418 e. The minimum absolute atomic E-state index is 0. The number of aromatic nitrogens is 3. The summed E-state index contributed by atoms with van der Waals surface area (Å²) >= 11 is 0. The minimum Gasteiger partial charge on any atom is -0.381 e. The molecule has 3 aliphatic carbocycles. The fourth-order valence-corrected chi connectivity index (χ4v) is 11.6. The zero-order chi connectivity index (χ0) is 65.8. The van der Waals surface area contributed by atoms with E-state index in [0.29, 0.717) is 75.7 Å². The van der Waals surface area contributed by atoms with Crippen molar-refractivity contribution in [1.82, 2.24) is 36.0 Å². The van der Waals surface area contributed by atoms with Gasteiger partial charge in [-0.05, 0) is 184 Å². The van der Waals surface area contributed by atoms with Gasteiger partial charge in [0.05, 0.1) is 65.7 Å². The summed E-state index contributed by atoms with van der Waals surface area (Å²) in [5.41, 5.74) is -4.42.